The lowest BCUT2D eigenvalue weighted by Crippen LogP contribution is -2.53. The Hall–Kier alpha value is -0.650. The van der Waals surface area contributed by atoms with Crippen LogP contribution in [0.5, 0.6) is 0 Å². The highest BCUT2D eigenvalue weighted by atomic mass is 16.5. The largest absolute Gasteiger partial charge is 0.394 e. The summed E-state index contributed by atoms with van der Waals surface area (Å²) in [6.07, 6.45) is 1.57. The number of amides is 1. The molecule has 2 saturated heterocycles. The Morgan fingerprint density at radius 2 is 2.13 bits per heavy atom. The van der Waals surface area contributed by atoms with Crippen molar-refractivity contribution in [2.24, 2.45) is 0 Å². The summed E-state index contributed by atoms with van der Waals surface area (Å²) in [5.41, 5.74) is 0. The van der Waals surface area contributed by atoms with E-state index in [1.807, 2.05) is 4.90 Å². The van der Waals surface area contributed by atoms with Gasteiger partial charge in [0.1, 0.15) is 6.61 Å². The molecule has 1 atom stereocenters. The van der Waals surface area contributed by atoms with Crippen LogP contribution in [0, 0.1) is 0 Å². The van der Waals surface area contributed by atoms with Crippen molar-refractivity contribution in [3.8, 4) is 0 Å². The molecule has 0 aromatic heterocycles. The fourth-order valence-electron chi connectivity index (χ4n) is 2.11. The van der Waals surface area contributed by atoms with Gasteiger partial charge in [-0.3, -0.25) is 4.79 Å². The lowest BCUT2D eigenvalue weighted by Gasteiger charge is -2.39. The third kappa shape index (κ3) is 2.48. The first-order chi connectivity index (χ1) is 7.31. The topological polar surface area (TPSA) is 59.0 Å². The third-order valence-electron chi connectivity index (χ3n) is 3.00. The zero-order valence-corrected chi connectivity index (χ0v) is 8.72. The first kappa shape index (κ1) is 10.9. The zero-order valence-electron chi connectivity index (χ0n) is 8.72. The second-order valence-electron chi connectivity index (χ2n) is 4.01. The standard InChI is InChI=1S/C10H17NO4/c12-6-9-5-11(10(13)7-15-9)8-1-3-14-4-2-8/h8-9,12H,1-7H2. The summed E-state index contributed by atoms with van der Waals surface area (Å²) in [6.45, 7) is 2.04. The monoisotopic (exact) mass is 215 g/mol. The van der Waals surface area contributed by atoms with Gasteiger partial charge < -0.3 is 19.5 Å². The number of rotatable bonds is 2. The molecule has 0 saturated carbocycles. The van der Waals surface area contributed by atoms with Gasteiger partial charge in [-0.15, -0.1) is 0 Å². The highest BCUT2D eigenvalue weighted by molar-refractivity contribution is 5.78. The van der Waals surface area contributed by atoms with Gasteiger partial charge in [-0.05, 0) is 12.8 Å². The molecule has 1 amide bonds. The Morgan fingerprint density at radius 3 is 2.80 bits per heavy atom. The number of carbonyl (C=O) groups is 1. The van der Waals surface area contributed by atoms with Crippen molar-refractivity contribution in [3.63, 3.8) is 0 Å². The van der Waals surface area contributed by atoms with Crippen LogP contribution in [0.1, 0.15) is 12.8 Å². The second kappa shape index (κ2) is 4.92. The molecule has 0 radical (unpaired) electrons. The van der Waals surface area contributed by atoms with Crippen molar-refractivity contribution in [2.75, 3.05) is 33.0 Å². The summed E-state index contributed by atoms with van der Waals surface area (Å²) in [6, 6.07) is 0.268. The van der Waals surface area contributed by atoms with Crippen LogP contribution >= 0.6 is 0 Å². The molecular weight excluding hydrogens is 198 g/mol. The lowest BCUT2D eigenvalue weighted by molar-refractivity contribution is -0.157. The van der Waals surface area contributed by atoms with E-state index in [0.29, 0.717) is 6.54 Å². The van der Waals surface area contributed by atoms with E-state index in [2.05, 4.69) is 0 Å². The molecule has 2 heterocycles. The Morgan fingerprint density at radius 1 is 1.40 bits per heavy atom. The number of aliphatic hydroxyl groups is 1. The summed E-state index contributed by atoms with van der Waals surface area (Å²) in [7, 11) is 0. The summed E-state index contributed by atoms with van der Waals surface area (Å²) < 4.78 is 10.4. The fourth-order valence-corrected chi connectivity index (χ4v) is 2.11. The van der Waals surface area contributed by atoms with Gasteiger partial charge >= 0.3 is 0 Å². The summed E-state index contributed by atoms with van der Waals surface area (Å²) >= 11 is 0. The second-order valence-corrected chi connectivity index (χ2v) is 4.01. The molecule has 2 aliphatic heterocycles. The Balaban J connectivity index is 1.95. The van der Waals surface area contributed by atoms with Crippen LogP contribution in [0.25, 0.3) is 0 Å². The van der Waals surface area contributed by atoms with Crippen molar-refractivity contribution in [3.05, 3.63) is 0 Å². The average Bonchev–Trinajstić information content (AvgIpc) is 2.31. The highest BCUT2D eigenvalue weighted by Crippen LogP contribution is 2.18. The van der Waals surface area contributed by atoms with Gasteiger partial charge in [-0.1, -0.05) is 0 Å². The predicted octanol–water partition coefficient (Wildman–Crippen LogP) is -0.615. The summed E-state index contributed by atoms with van der Waals surface area (Å²) in [5, 5.41) is 9.01. The number of nitrogens with zero attached hydrogens (tertiary/aromatic N) is 1. The summed E-state index contributed by atoms with van der Waals surface area (Å²) in [4.78, 5) is 13.5. The molecule has 5 nitrogen and oxygen atoms in total. The molecular formula is C10H17NO4. The minimum atomic E-state index is -0.217. The molecule has 2 aliphatic rings. The van der Waals surface area contributed by atoms with E-state index < -0.39 is 0 Å². The molecule has 0 bridgehead atoms. The minimum Gasteiger partial charge on any atom is -0.394 e. The van der Waals surface area contributed by atoms with Crippen molar-refractivity contribution in [1.29, 1.82) is 0 Å². The van der Waals surface area contributed by atoms with Crippen LogP contribution in [-0.2, 0) is 14.3 Å². The molecule has 2 fully saturated rings. The number of carbonyl (C=O) groups excluding carboxylic acids is 1. The van der Waals surface area contributed by atoms with Crippen LogP contribution in [0.3, 0.4) is 0 Å². The van der Waals surface area contributed by atoms with Crippen molar-refractivity contribution >= 4 is 5.91 Å². The Labute approximate surface area is 89.0 Å². The maximum atomic E-state index is 11.6. The van der Waals surface area contributed by atoms with E-state index in [1.54, 1.807) is 0 Å². The molecule has 0 aromatic rings. The van der Waals surface area contributed by atoms with E-state index in [1.165, 1.54) is 0 Å². The smallest absolute Gasteiger partial charge is 0.248 e. The SMILES string of the molecule is O=C1COC(CO)CN1C1CCOCC1. The third-order valence-corrected chi connectivity index (χ3v) is 3.00. The van der Waals surface area contributed by atoms with E-state index >= 15 is 0 Å². The predicted molar refractivity (Wildman–Crippen MR) is 52.4 cm³/mol. The number of aliphatic hydroxyl groups excluding tert-OH is 1. The maximum absolute atomic E-state index is 11.6. The molecule has 0 aromatic carbocycles. The van der Waals surface area contributed by atoms with Gasteiger partial charge in [0.2, 0.25) is 5.91 Å². The first-order valence-electron chi connectivity index (χ1n) is 5.41. The average molecular weight is 215 g/mol. The van der Waals surface area contributed by atoms with E-state index in [-0.39, 0.29) is 31.3 Å². The van der Waals surface area contributed by atoms with Gasteiger partial charge in [0.15, 0.2) is 0 Å². The number of hydrogen-bond acceptors (Lipinski definition) is 4. The molecule has 5 heteroatoms. The number of ether oxygens (including phenoxy) is 2. The normalized spacial score (nSPS) is 29.5. The molecule has 15 heavy (non-hydrogen) atoms. The maximum Gasteiger partial charge on any atom is 0.248 e. The molecule has 0 spiro atoms. The first-order valence-corrected chi connectivity index (χ1v) is 5.41. The quantitative estimate of drug-likeness (QED) is 0.667. The van der Waals surface area contributed by atoms with E-state index in [0.717, 1.165) is 26.1 Å². The van der Waals surface area contributed by atoms with Crippen LogP contribution in [-0.4, -0.2) is 61.0 Å². The lowest BCUT2D eigenvalue weighted by atomic mass is 10.1. The fraction of sp³-hybridized carbons (Fsp3) is 0.900. The van der Waals surface area contributed by atoms with Crippen molar-refractivity contribution in [2.45, 2.75) is 25.0 Å². The van der Waals surface area contributed by atoms with Crippen LogP contribution in [0.15, 0.2) is 0 Å². The number of hydrogen-bond donors (Lipinski definition) is 1. The molecule has 86 valence electrons. The van der Waals surface area contributed by atoms with Crippen LogP contribution < -0.4 is 0 Å². The van der Waals surface area contributed by atoms with Gasteiger partial charge in [-0.25, -0.2) is 0 Å². The zero-order chi connectivity index (χ0) is 10.7. The molecule has 0 aliphatic carbocycles. The highest BCUT2D eigenvalue weighted by Gasteiger charge is 2.31. The van der Waals surface area contributed by atoms with Gasteiger partial charge in [0.05, 0.1) is 12.7 Å². The van der Waals surface area contributed by atoms with E-state index in [9.17, 15) is 4.79 Å². The Kier molecular flexibility index (Phi) is 3.56. The minimum absolute atomic E-state index is 0.0208. The van der Waals surface area contributed by atoms with Crippen LogP contribution in [0.4, 0.5) is 0 Å². The molecule has 1 unspecified atom stereocenters. The molecule has 1 N–H and O–H groups in total. The van der Waals surface area contributed by atoms with Crippen molar-refractivity contribution in [1.82, 2.24) is 4.90 Å². The van der Waals surface area contributed by atoms with Gasteiger partial charge in [0, 0.05) is 25.8 Å². The van der Waals surface area contributed by atoms with Crippen molar-refractivity contribution < 1.29 is 19.4 Å². The molecule has 2 rings (SSSR count). The Bertz CT molecular complexity index is 227. The van der Waals surface area contributed by atoms with Gasteiger partial charge in [-0.2, -0.15) is 0 Å². The van der Waals surface area contributed by atoms with Gasteiger partial charge in [0.25, 0.3) is 0 Å². The summed E-state index contributed by atoms with van der Waals surface area (Å²) in [5.74, 6) is 0.0339. The van der Waals surface area contributed by atoms with E-state index in [4.69, 9.17) is 14.6 Å². The van der Waals surface area contributed by atoms with Crippen LogP contribution in [0.2, 0.25) is 0 Å². The number of morpholine rings is 1.